The van der Waals surface area contributed by atoms with Gasteiger partial charge in [0, 0.05) is 49.5 Å². The monoisotopic (exact) mass is 438 g/mol. The summed E-state index contributed by atoms with van der Waals surface area (Å²) < 4.78 is 0. The van der Waals surface area contributed by atoms with Crippen molar-refractivity contribution >= 4 is 35.3 Å². The van der Waals surface area contributed by atoms with Gasteiger partial charge in [-0.2, -0.15) is 0 Å². The van der Waals surface area contributed by atoms with Crippen molar-refractivity contribution in [3.63, 3.8) is 0 Å². The number of rotatable bonds is 11. The van der Waals surface area contributed by atoms with Gasteiger partial charge in [-0.05, 0) is 36.1 Å². The minimum Gasteiger partial charge on any atom is -0.353 e. The number of nitro benzene ring substituents is 2. The van der Waals surface area contributed by atoms with E-state index >= 15 is 0 Å². The van der Waals surface area contributed by atoms with Crippen LogP contribution < -0.4 is 10.6 Å². The number of carbonyl (C=O) groups excluding carboxylic acids is 2. The van der Waals surface area contributed by atoms with Crippen molar-refractivity contribution in [2.45, 2.75) is 12.8 Å². The lowest BCUT2D eigenvalue weighted by atomic mass is 10.2. The van der Waals surface area contributed by atoms with E-state index in [1.165, 1.54) is 48.6 Å². The van der Waals surface area contributed by atoms with Crippen molar-refractivity contribution in [2.24, 2.45) is 0 Å². The quantitative estimate of drug-likeness (QED) is 0.238. The molecule has 0 aliphatic rings. The first kappa shape index (κ1) is 23.9. The molecule has 2 amide bonds. The fourth-order valence-electron chi connectivity index (χ4n) is 2.62. The molecule has 2 aromatic carbocycles. The number of nitrogens with zero attached hydrogens (tertiary/aromatic N) is 2. The maximum Gasteiger partial charge on any atom is 0.270 e. The maximum atomic E-state index is 11.8. The highest BCUT2D eigenvalue weighted by atomic mass is 16.6. The molecule has 0 saturated heterocycles. The number of unbranched alkanes of at least 4 members (excludes halogenated alkanes) is 1. The topological polar surface area (TPSA) is 144 Å². The van der Waals surface area contributed by atoms with E-state index in [4.69, 9.17) is 0 Å². The van der Waals surface area contributed by atoms with Crippen molar-refractivity contribution in [2.75, 3.05) is 13.1 Å². The molecule has 166 valence electrons. The molecular formula is C22H22N4O6. The number of nitrogens with one attached hydrogen (secondary N) is 2. The smallest absolute Gasteiger partial charge is 0.270 e. The fraction of sp³-hybridized carbons (Fsp3) is 0.182. The zero-order valence-electron chi connectivity index (χ0n) is 17.1. The zero-order chi connectivity index (χ0) is 23.3. The maximum absolute atomic E-state index is 11.8. The Morgan fingerprint density at radius 3 is 1.53 bits per heavy atom. The van der Waals surface area contributed by atoms with Crippen molar-refractivity contribution < 1.29 is 19.4 Å². The van der Waals surface area contributed by atoms with Crippen LogP contribution in [0.15, 0.2) is 60.7 Å². The largest absolute Gasteiger partial charge is 0.353 e. The predicted octanol–water partition coefficient (Wildman–Crippen LogP) is 3.24. The molecular weight excluding hydrogens is 416 g/mol. The summed E-state index contributed by atoms with van der Waals surface area (Å²) in [5, 5.41) is 26.9. The second kappa shape index (κ2) is 12.4. The average Bonchev–Trinajstić information content (AvgIpc) is 2.79. The van der Waals surface area contributed by atoms with Gasteiger partial charge in [0.1, 0.15) is 0 Å². The summed E-state index contributed by atoms with van der Waals surface area (Å²) in [5.41, 5.74) is 1.01. The lowest BCUT2D eigenvalue weighted by Gasteiger charge is -2.04. The van der Waals surface area contributed by atoms with Crippen molar-refractivity contribution in [1.82, 2.24) is 10.6 Å². The average molecular weight is 438 g/mol. The van der Waals surface area contributed by atoms with E-state index in [-0.39, 0.29) is 23.2 Å². The van der Waals surface area contributed by atoms with E-state index in [0.29, 0.717) is 37.1 Å². The highest BCUT2D eigenvalue weighted by molar-refractivity contribution is 5.92. The highest BCUT2D eigenvalue weighted by Crippen LogP contribution is 2.14. The number of hydrogen-bond donors (Lipinski definition) is 2. The molecule has 0 spiro atoms. The van der Waals surface area contributed by atoms with Gasteiger partial charge in [0.25, 0.3) is 11.4 Å². The molecule has 10 heteroatoms. The first-order valence-corrected chi connectivity index (χ1v) is 9.76. The van der Waals surface area contributed by atoms with Gasteiger partial charge in [0.05, 0.1) is 9.85 Å². The number of amides is 2. The van der Waals surface area contributed by atoms with Crippen LogP contribution in [0.5, 0.6) is 0 Å². The van der Waals surface area contributed by atoms with Crippen LogP contribution >= 0.6 is 0 Å². The zero-order valence-corrected chi connectivity index (χ0v) is 17.1. The van der Waals surface area contributed by atoms with E-state index in [0.717, 1.165) is 0 Å². The normalized spacial score (nSPS) is 10.9. The molecule has 0 heterocycles. The molecule has 32 heavy (non-hydrogen) atoms. The third-order valence-electron chi connectivity index (χ3n) is 4.22. The summed E-state index contributed by atoms with van der Waals surface area (Å²) in [6.07, 6.45) is 6.89. The summed E-state index contributed by atoms with van der Waals surface area (Å²) in [6, 6.07) is 11.9. The van der Waals surface area contributed by atoms with E-state index in [1.807, 2.05) is 0 Å². The summed E-state index contributed by atoms with van der Waals surface area (Å²) in [5.74, 6) is -0.638. The Hall–Kier alpha value is -4.34. The van der Waals surface area contributed by atoms with Gasteiger partial charge in [-0.25, -0.2) is 0 Å². The lowest BCUT2D eigenvalue weighted by Crippen LogP contribution is -2.25. The summed E-state index contributed by atoms with van der Waals surface area (Å²) in [7, 11) is 0. The first-order valence-electron chi connectivity index (χ1n) is 9.76. The number of benzene rings is 2. The van der Waals surface area contributed by atoms with Gasteiger partial charge in [-0.15, -0.1) is 0 Å². The van der Waals surface area contributed by atoms with Gasteiger partial charge in [-0.3, -0.25) is 29.8 Å². The SMILES string of the molecule is O=C(/C=C/c1cccc([N+](=O)[O-])c1)NCCCCNC(=O)/C=C/c1cccc([N+](=O)[O-])c1. The molecule has 0 aliphatic heterocycles. The molecule has 0 unspecified atom stereocenters. The van der Waals surface area contributed by atoms with Crippen LogP contribution in [0.4, 0.5) is 11.4 Å². The van der Waals surface area contributed by atoms with Crippen molar-refractivity contribution in [3.8, 4) is 0 Å². The Balaban J connectivity index is 1.63. The molecule has 0 aliphatic carbocycles. The van der Waals surface area contributed by atoms with E-state index in [2.05, 4.69) is 10.6 Å². The minimum absolute atomic E-state index is 0.0467. The van der Waals surface area contributed by atoms with Crippen LogP contribution in [0, 0.1) is 20.2 Å². The van der Waals surface area contributed by atoms with E-state index < -0.39 is 9.85 Å². The number of non-ortho nitro benzene ring substituents is 2. The molecule has 0 saturated carbocycles. The van der Waals surface area contributed by atoms with Crippen LogP contribution in [0.25, 0.3) is 12.2 Å². The number of hydrogen-bond acceptors (Lipinski definition) is 6. The summed E-state index contributed by atoms with van der Waals surface area (Å²) in [6.45, 7) is 0.828. The van der Waals surface area contributed by atoms with Gasteiger partial charge in [-0.1, -0.05) is 24.3 Å². The summed E-state index contributed by atoms with van der Waals surface area (Å²) in [4.78, 5) is 44.1. The van der Waals surface area contributed by atoms with E-state index in [9.17, 15) is 29.8 Å². The van der Waals surface area contributed by atoms with Gasteiger partial charge >= 0.3 is 0 Å². The van der Waals surface area contributed by atoms with Crippen LogP contribution in [0.2, 0.25) is 0 Å². The van der Waals surface area contributed by atoms with Crippen LogP contribution in [-0.2, 0) is 9.59 Å². The number of nitro groups is 2. The Labute approximate surface area is 183 Å². The molecule has 0 aromatic heterocycles. The number of carbonyl (C=O) groups is 2. The van der Waals surface area contributed by atoms with Crippen LogP contribution in [-0.4, -0.2) is 34.8 Å². The Kier molecular flexibility index (Phi) is 9.26. The third kappa shape index (κ3) is 8.57. The van der Waals surface area contributed by atoms with Crippen molar-refractivity contribution in [1.29, 1.82) is 0 Å². The second-order valence-corrected chi connectivity index (χ2v) is 6.66. The lowest BCUT2D eigenvalue weighted by molar-refractivity contribution is -0.385. The summed E-state index contributed by atoms with van der Waals surface area (Å²) >= 11 is 0. The molecule has 0 bridgehead atoms. The molecule has 0 atom stereocenters. The predicted molar refractivity (Wildman–Crippen MR) is 120 cm³/mol. The van der Waals surface area contributed by atoms with Crippen LogP contribution in [0.3, 0.4) is 0 Å². The Morgan fingerprint density at radius 1 is 0.750 bits per heavy atom. The van der Waals surface area contributed by atoms with E-state index in [1.54, 1.807) is 24.3 Å². The Morgan fingerprint density at radius 2 is 1.16 bits per heavy atom. The molecule has 2 rings (SSSR count). The standard InChI is InChI=1S/C22H22N4O6/c27-21(11-9-17-5-3-7-19(15-17)25(29)30)23-13-1-2-14-24-22(28)12-10-18-6-4-8-20(16-18)26(31)32/h3-12,15-16H,1-2,13-14H2,(H,23,27)(H,24,28)/b11-9+,12-10+. The molecule has 10 nitrogen and oxygen atoms in total. The fourth-order valence-corrected chi connectivity index (χ4v) is 2.62. The second-order valence-electron chi connectivity index (χ2n) is 6.66. The van der Waals surface area contributed by atoms with Gasteiger partial charge in [0.2, 0.25) is 11.8 Å². The van der Waals surface area contributed by atoms with Crippen molar-refractivity contribution in [3.05, 3.63) is 92.0 Å². The molecule has 0 radical (unpaired) electrons. The molecule has 0 fully saturated rings. The van der Waals surface area contributed by atoms with Gasteiger partial charge < -0.3 is 10.6 Å². The first-order chi connectivity index (χ1) is 15.3. The van der Waals surface area contributed by atoms with Crippen LogP contribution in [0.1, 0.15) is 24.0 Å². The Bertz CT molecular complexity index is 965. The minimum atomic E-state index is -0.500. The van der Waals surface area contributed by atoms with Gasteiger partial charge in [0.15, 0.2) is 0 Å². The molecule has 2 aromatic rings. The highest BCUT2D eigenvalue weighted by Gasteiger charge is 2.05. The molecule has 2 N–H and O–H groups in total. The third-order valence-corrected chi connectivity index (χ3v) is 4.22.